The monoisotopic (exact) mass is 847 g/mol. The number of fused-ring (bicyclic) bond motifs is 2. The third-order valence-electron chi connectivity index (χ3n) is 14.0. The van der Waals surface area contributed by atoms with Gasteiger partial charge < -0.3 is 34.2 Å². The van der Waals surface area contributed by atoms with Gasteiger partial charge in [0.2, 0.25) is 11.7 Å². The van der Waals surface area contributed by atoms with E-state index in [1.807, 2.05) is 48.5 Å². The first-order chi connectivity index (χ1) is 30.3. The summed E-state index contributed by atoms with van der Waals surface area (Å²) in [7, 11) is 0. The van der Waals surface area contributed by atoms with Gasteiger partial charge in [-0.3, -0.25) is 4.79 Å². The molecule has 3 aromatic carbocycles. The Morgan fingerprint density at radius 1 is 0.935 bits per heavy atom. The number of hydrogen-bond acceptors (Lipinski definition) is 8. The lowest BCUT2D eigenvalue weighted by atomic mass is 9.55. The van der Waals surface area contributed by atoms with E-state index in [9.17, 15) is 15.0 Å². The summed E-state index contributed by atoms with van der Waals surface area (Å²) in [5, 5.41) is 25.0. The number of aryl methyl sites for hydroxylation is 2. The Labute approximate surface area is 370 Å². The zero-order chi connectivity index (χ0) is 43.5. The second-order valence-electron chi connectivity index (χ2n) is 18.2. The fourth-order valence-electron chi connectivity index (χ4n) is 10.8. The molecule has 0 aromatic heterocycles. The van der Waals surface area contributed by atoms with E-state index in [1.165, 1.54) is 31.2 Å². The van der Waals surface area contributed by atoms with Gasteiger partial charge in [0.25, 0.3) is 0 Å². The van der Waals surface area contributed by atoms with Crippen LogP contribution in [-0.4, -0.2) is 64.9 Å². The Hall–Kier alpha value is -4.44. The van der Waals surface area contributed by atoms with Crippen LogP contribution in [0.2, 0.25) is 0 Å². The average molecular weight is 847 g/mol. The van der Waals surface area contributed by atoms with Crippen molar-refractivity contribution in [3.8, 4) is 17.2 Å². The molecule has 0 radical (unpaired) electrons. The van der Waals surface area contributed by atoms with Crippen molar-refractivity contribution in [1.29, 1.82) is 0 Å². The molecule has 9 nitrogen and oxygen atoms in total. The van der Waals surface area contributed by atoms with Crippen LogP contribution in [0.15, 0.2) is 96.2 Å². The Bertz CT molecular complexity index is 2010. The summed E-state index contributed by atoms with van der Waals surface area (Å²) in [6.45, 7) is 11.8. The smallest absolute Gasteiger partial charge is 0.239 e. The van der Waals surface area contributed by atoms with Crippen molar-refractivity contribution in [2.45, 2.75) is 135 Å². The van der Waals surface area contributed by atoms with Crippen LogP contribution in [0.5, 0.6) is 17.2 Å². The molecule has 1 heterocycles. The van der Waals surface area contributed by atoms with Gasteiger partial charge in [0.1, 0.15) is 29.9 Å². The molecule has 4 aliphatic rings. The molecule has 1 aliphatic heterocycles. The fraction of sp³-hybridized carbons (Fsp3) is 0.547. The lowest BCUT2D eigenvalue weighted by Crippen LogP contribution is -2.70. The molecular formula is C53H70N2O7. The number of carbonyl (C=O) groups excluding carboxylic acids is 1. The molecule has 6 atom stereocenters. The van der Waals surface area contributed by atoms with Crippen LogP contribution in [0.25, 0.3) is 0 Å². The third kappa shape index (κ3) is 10.3. The molecule has 334 valence electrons. The predicted octanol–water partition coefficient (Wildman–Crippen LogP) is 11.1. The van der Waals surface area contributed by atoms with Gasteiger partial charge >= 0.3 is 0 Å². The molecule has 62 heavy (non-hydrogen) atoms. The highest BCUT2D eigenvalue weighted by Gasteiger charge is 2.65. The van der Waals surface area contributed by atoms with Gasteiger partial charge in [0, 0.05) is 44.1 Å². The van der Waals surface area contributed by atoms with Gasteiger partial charge in [-0.2, -0.15) is 0 Å². The SMILES string of the molecule is C=CCO[C@@]12Oc3ccc(Oc4ccc(C)c(C)c4)cc3[C@H]3[C@H](CCCCO)[C@@H](CCCCO)C=C(C(=NOCc4ccccc4)C[C@@H]1N(CCC)C(=O)CCC1CCCC1)[C@H]32. The van der Waals surface area contributed by atoms with Crippen molar-refractivity contribution < 1.29 is 34.1 Å². The molecule has 2 fully saturated rings. The van der Waals surface area contributed by atoms with Crippen molar-refractivity contribution in [1.82, 2.24) is 4.90 Å². The van der Waals surface area contributed by atoms with Gasteiger partial charge in [0.05, 0.1) is 18.2 Å². The van der Waals surface area contributed by atoms with E-state index in [2.05, 4.69) is 56.5 Å². The van der Waals surface area contributed by atoms with E-state index >= 15 is 0 Å². The fourth-order valence-corrected chi connectivity index (χ4v) is 10.8. The van der Waals surface area contributed by atoms with Crippen LogP contribution in [0, 0.1) is 37.5 Å². The van der Waals surface area contributed by atoms with Gasteiger partial charge in [0.15, 0.2) is 0 Å². The van der Waals surface area contributed by atoms with Crippen molar-refractivity contribution >= 4 is 11.6 Å². The van der Waals surface area contributed by atoms with E-state index < -0.39 is 11.8 Å². The topological polar surface area (TPSA) is 110 Å². The number of aliphatic hydroxyl groups is 2. The number of nitrogens with zero attached hydrogens (tertiary/aromatic N) is 2. The molecular weight excluding hydrogens is 777 g/mol. The van der Waals surface area contributed by atoms with Crippen molar-refractivity contribution in [2.75, 3.05) is 26.4 Å². The highest BCUT2D eigenvalue weighted by molar-refractivity contribution is 6.03. The van der Waals surface area contributed by atoms with E-state index in [1.54, 1.807) is 6.08 Å². The zero-order valence-electron chi connectivity index (χ0n) is 37.4. The maximum atomic E-state index is 14.8. The standard InChI is InChI=1S/C53H70N2O7/c1-5-28-55(50(58)27-23-39-16-10-11-17-39)49-35-47(54-60-36-40-18-8-7-9-19-40)45-33-41(20-12-14-29-56)44(21-13-15-30-57)51-46-34-43(61-42-24-22-37(3)38(4)32-42)25-26-48(46)62-53(49,52(45)51)59-31-6-2/h6-9,18-19,22,24-26,32-34,39,41,44,49,51-52,56-57H,2,5,10-17,20-21,23,27-31,35-36H2,1,3-4H3/t41-,44+,49-,51+,52+,53+/m0/s1. The first-order valence-electron chi connectivity index (χ1n) is 23.6. The van der Waals surface area contributed by atoms with Crippen molar-refractivity contribution in [2.24, 2.45) is 28.8 Å². The first-order valence-corrected chi connectivity index (χ1v) is 23.6. The number of rotatable bonds is 22. The Morgan fingerprint density at radius 3 is 2.40 bits per heavy atom. The molecule has 2 saturated carbocycles. The summed E-state index contributed by atoms with van der Waals surface area (Å²) >= 11 is 0. The Balaban J connectivity index is 1.40. The number of carbonyl (C=O) groups is 1. The van der Waals surface area contributed by atoms with Crippen LogP contribution >= 0.6 is 0 Å². The molecule has 0 unspecified atom stereocenters. The molecule has 9 heteroatoms. The molecule has 0 bridgehead atoms. The highest BCUT2D eigenvalue weighted by Crippen LogP contribution is 2.62. The summed E-state index contributed by atoms with van der Waals surface area (Å²) < 4.78 is 21.3. The number of benzene rings is 3. The zero-order valence-corrected chi connectivity index (χ0v) is 37.4. The molecule has 7 rings (SSSR count). The van der Waals surface area contributed by atoms with Crippen molar-refractivity contribution in [3.63, 3.8) is 0 Å². The summed E-state index contributed by atoms with van der Waals surface area (Å²) in [5.41, 5.74) is 6.29. The Kier molecular flexibility index (Phi) is 16.0. The number of ether oxygens (including phenoxy) is 3. The lowest BCUT2D eigenvalue weighted by molar-refractivity contribution is -0.257. The van der Waals surface area contributed by atoms with E-state index in [0.717, 1.165) is 90.2 Å². The Morgan fingerprint density at radius 2 is 1.68 bits per heavy atom. The van der Waals surface area contributed by atoms with Gasteiger partial charge in [-0.15, -0.1) is 6.58 Å². The minimum atomic E-state index is -1.27. The second-order valence-corrected chi connectivity index (χ2v) is 18.2. The van der Waals surface area contributed by atoms with E-state index in [-0.39, 0.29) is 49.4 Å². The summed E-state index contributed by atoms with van der Waals surface area (Å²) in [4.78, 5) is 23.2. The highest BCUT2D eigenvalue weighted by atomic mass is 16.7. The molecule has 2 N–H and O–H groups in total. The summed E-state index contributed by atoms with van der Waals surface area (Å²) in [6, 6.07) is 21.9. The van der Waals surface area contributed by atoms with Crippen LogP contribution in [0.4, 0.5) is 0 Å². The molecule has 0 spiro atoms. The molecule has 3 aromatic rings. The van der Waals surface area contributed by atoms with Gasteiger partial charge in [-0.1, -0.05) is 99.2 Å². The number of allylic oxidation sites excluding steroid dienone is 1. The largest absolute Gasteiger partial charge is 0.459 e. The molecule has 1 amide bonds. The first kappa shape index (κ1) is 45.6. The number of unbranched alkanes of at least 4 members (excludes halogenated alkanes) is 2. The van der Waals surface area contributed by atoms with Crippen LogP contribution in [0.1, 0.15) is 125 Å². The summed E-state index contributed by atoms with van der Waals surface area (Å²) in [5.74, 6) is 1.45. The maximum absolute atomic E-state index is 14.8. The predicted molar refractivity (Wildman–Crippen MR) is 245 cm³/mol. The van der Waals surface area contributed by atoms with E-state index in [4.69, 9.17) is 24.2 Å². The van der Waals surface area contributed by atoms with Crippen LogP contribution < -0.4 is 9.47 Å². The quantitative estimate of drug-likeness (QED) is 0.0589. The summed E-state index contributed by atoms with van der Waals surface area (Å²) in [6.07, 6.45) is 16.5. The average Bonchev–Trinajstić information content (AvgIpc) is 3.81. The van der Waals surface area contributed by atoms with Crippen molar-refractivity contribution in [3.05, 3.63) is 113 Å². The van der Waals surface area contributed by atoms with Gasteiger partial charge in [-0.05, 0) is 123 Å². The lowest BCUT2D eigenvalue weighted by Gasteiger charge is -2.60. The number of amides is 1. The number of hydrogen-bond donors (Lipinski definition) is 2. The van der Waals surface area contributed by atoms with Gasteiger partial charge in [-0.25, -0.2) is 0 Å². The van der Waals surface area contributed by atoms with Crippen LogP contribution in [0.3, 0.4) is 0 Å². The normalized spacial score (nSPS) is 24.8. The molecule has 3 aliphatic carbocycles. The minimum absolute atomic E-state index is 0.121. The molecule has 0 saturated heterocycles. The van der Waals surface area contributed by atoms with E-state index in [0.29, 0.717) is 38.3 Å². The number of aliphatic hydroxyl groups excluding tert-OH is 2. The third-order valence-corrected chi connectivity index (χ3v) is 14.0. The number of oxime groups is 1. The van der Waals surface area contributed by atoms with Crippen LogP contribution in [-0.2, 0) is 21.0 Å². The second kappa shape index (κ2) is 21.8. The maximum Gasteiger partial charge on any atom is 0.239 e. The minimum Gasteiger partial charge on any atom is -0.459 e.